The molecule has 0 unspecified atom stereocenters. The average molecular weight is 348 g/mol. The first-order valence-corrected chi connectivity index (χ1v) is 8.44. The van der Waals surface area contributed by atoms with Crippen molar-refractivity contribution in [1.29, 1.82) is 0 Å². The highest BCUT2D eigenvalue weighted by Gasteiger charge is 2.17. The number of nitrogens with one attached hydrogen (secondary N) is 1. The molecule has 128 valence electrons. The zero-order chi connectivity index (χ0) is 17.7. The number of hydrogen-bond acceptors (Lipinski definition) is 3. The van der Waals surface area contributed by atoms with Crippen molar-refractivity contribution in [2.75, 3.05) is 5.32 Å². The number of anilines is 1. The van der Waals surface area contributed by atoms with Crippen LogP contribution in [0.3, 0.4) is 0 Å². The predicted molar refractivity (Wildman–Crippen MR) is 95.6 cm³/mol. The maximum Gasteiger partial charge on any atom is 0.247 e. The van der Waals surface area contributed by atoms with Crippen molar-refractivity contribution in [2.45, 2.75) is 46.5 Å². The van der Waals surface area contributed by atoms with Crippen molar-refractivity contribution in [3.05, 3.63) is 46.2 Å². The molecule has 1 aromatic carbocycles. The van der Waals surface area contributed by atoms with Gasteiger partial charge < -0.3 is 5.32 Å². The molecule has 6 heteroatoms. The highest BCUT2D eigenvalue weighted by atomic mass is 35.5. The lowest BCUT2D eigenvalue weighted by Gasteiger charge is -2.07. The molecule has 1 aromatic heterocycles. The number of halogens is 1. The first-order chi connectivity index (χ1) is 11.4. The van der Waals surface area contributed by atoms with Gasteiger partial charge in [-0.15, -0.1) is 0 Å². The van der Waals surface area contributed by atoms with Crippen molar-refractivity contribution in [3.8, 4) is 0 Å². The van der Waals surface area contributed by atoms with Gasteiger partial charge >= 0.3 is 0 Å². The summed E-state index contributed by atoms with van der Waals surface area (Å²) in [6.07, 6.45) is 2.09. The van der Waals surface area contributed by atoms with Gasteiger partial charge in [0.2, 0.25) is 11.8 Å². The van der Waals surface area contributed by atoms with Gasteiger partial charge in [-0.1, -0.05) is 37.1 Å². The summed E-state index contributed by atoms with van der Waals surface area (Å²) in [7, 11) is 0. The second kappa shape index (κ2) is 8.11. The van der Waals surface area contributed by atoms with E-state index in [1.54, 1.807) is 24.3 Å². The Morgan fingerprint density at radius 2 is 1.92 bits per heavy atom. The molecule has 5 nitrogen and oxygen atoms in total. The Labute approximate surface area is 147 Å². The highest BCUT2D eigenvalue weighted by molar-refractivity contribution is 6.33. The first kappa shape index (κ1) is 18.2. The van der Waals surface area contributed by atoms with Crippen LogP contribution in [0.5, 0.6) is 0 Å². The van der Waals surface area contributed by atoms with Crippen LogP contribution in [0, 0.1) is 13.8 Å². The zero-order valence-corrected chi connectivity index (χ0v) is 15.0. The summed E-state index contributed by atoms with van der Waals surface area (Å²) in [5, 5.41) is 7.51. The summed E-state index contributed by atoms with van der Waals surface area (Å²) in [5.74, 6) is -0.418. The van der Waals surface area contributed by atoms with Gasteiger partial charge in [0.05, 0.1) is 16.4 Å². The maximum atomic E-state index is 12.4. The van der Waals surface area contributed by atoms with E-state index in [1.807, 2.05) is 13.8 Å². The molecule has 0 atom stereocenters. The van der Waals surface area contributed by atoms with Crippen molar-refractivity contribution in [2.24, 2.45) is 0 Å². The minimum absolute atomic E-state index is 0.0888. The molecule has 0 bridgehead atoms. The van der Waals surface area contributed by atoms with E-state index in [1.165, 1.54) is 4.68 Å². The number of carbonyl (C=O) groups is 2. The molecule has 0 fully saturated rings. The Morgan fingerprint density at radius 3 is 2.58 bits per heavy atom. The topological polar surface area (TPSA) is 64.0 Å². The van der Waals surface area contributed by atoms with Crippen molar-refractivity contribution in [3.63, 3.8) is 0 Å². The van der Waals surface area contributed by atoms with Gasteiger partial charge in [0.15, 0.2) is 0 Å². The highest BCUT2D eigenvalue weighted by Crippen LogP contribution is 2.21. The van der Waals surface area contributed by atoms with E-state index in [0.29, 0.717) is 10.7 Å². The lowest BCUT2D eigenvalue weighted by Crippen LogP contribution is -2.18. The molecule has 1 amide bonds. The van der Waals surface area contributed by atoms with E-state index in [9.17, 15) is 9.59 Å². The SMILES string of the molecule is CCCc1c(C)nn(C(=O)CCC(=O)Nc2ccccc2Cl)c1C. The molecule has 0 aliphatic carbocycles. The summed E-state index contributed by atoms with van der Waals surface area (Å²) >= 11 is 6.00. The van der Waals surface area contributed by atoms with E-state index in [4.69, 9.17) is 11.6 Å². The molecule has 0 radical (unpaired) electrons. The summed E-state index contributed by atoms with van der Waals surface area (Å²) in [6.45, 7) is 5.90. The molecular weight excluding hydrogens is 326 g/mol. The second-order valence-corrected chi connectivity index (χ2v) is 6.14. The number of aromatic nitrogens is 2. The monoisotopic (exact) mass is 347 g/mol. The first-order valence-electron chi connectivity index (χ1n) is 8.06. The van der Waals surface area contributed by atoms with Crippen LogP contribution >= 0.6 is 11.6 Å². The molecule has 0 spiro atoms. The number of nitrogens with zero attached hydrogens (tertiary/aromatic N) is 2. The maximum absolute atomic E-state index is 12.4. The van der Waals surface area contributed by atoms with Crippen LogP contribution in [-0.2, 0) is 11.2 Å². The smallest absolute Gasteiger partial charge is 0.247 e. The summed E-state index contributed by atoms with van der Waals surface area (Å²) in [6, 6.07) is 7.00. The second-order valence-electron chi connectivity index (χ2n) is 5.73. The van der Waals surface area contributed by atoms with Gasteiger partial charge in [0.1, 0.15) is 0 Å². The summed E-state index contributed by atoms with van der Waals surface area (Å²) in [5.41, 5.74) is 3.41. The standard InChI is InChI=1S/C18H22ClN3O2/c1-4-7-14-12(2)21-22(13(14)3)18(24)11-10-17(23)20-16-9-6-5-8-15(16)19/h5-6,8-9H,4,7,10-11H2,1-3H3,(H,20,23). The fraction of sp³-hybridized carbons (Fsp3) is 0.389. The summed E-state index contributed by atoms with van der Waals surface area (Å²) < 4.78 is 1.42. The Kier molecular flexibility index (Phi) is 6.15. The normalized spacial score (nSPS) is 10.7. The zero-order valence-electron chi connectivity index (χ0n) is 14.2. The Morgan fingerprint density at radius 1 is 1.21 bits per heavy atom. The molecule has 2 rings (SSSR count). The molecule has 1 N–H and O–H groups in total. The van der Waals surface area contributed by atoms with Gasteiger partial charge in [0, 0.05) is 18.5 Å². The van der Waals surface area contributed by atoms with Gasteiger partial charge in [-0.25, -0.2) is 4.68 Å². The van der Waals surface area contributed by atoms with Crippen LogP contribution in [0.2, 0.25) is 5.02 Å². The lowest BCUT2D eigenvalue weighted by atomic mass is 10.1. The van der Waals surface area contributed by atoms with Crippen LogP contribution in [0.25, 0.3) is 0 Å². The number of benzene rings is 1. The van der Waals surface area contributed by atoms with E-state index in [0.717, 1.165) is 29.8 Å². The number of amides is 1. The third-order valence-electron chi connectivity index (χ3n) is 3.89. The number of hydrogen-bond donors (Lipinski definition) is 1. The number of para-hydroxylation sites is 1. The van der Waals surface area contributed by atoms with Gasteiger partial charge in [0.25, 0.3) is 0 Å². The fourth-order valence-electron chi connectivity index (χ4n) is 2.63. The summed E-state index contributed by atoms with van der Waals surface area (Å²) in [4.78, 5) is 24.4. The minimum atomic E-state index is -0.244. The fourth-order valence-corrected chi connectivity index (χ4v) is 2.81. The van der Waals surface area contributed by atoms with E-state index in [2.05, 4.69) is 17.3 Å². The van der Waals surface area contributed by atoms with Crippen molar-refractivity contribution >= 4 is 29.1 Å². The minimum Gasteiger partial charge on any atom is -0.325 e. The number of rotatable bonds is 6. The third kappa shape index (κ3) is 4.23. The quantitative estimate of drug-likeness (QED) is 0.853. The van der Waals surface area contributed by atoms with E-state index < -0.39 is 0 Å². The molecule has 0 saturated carbocycles. The molecule has 24 heavy (non-hydrogen) atoms. The molecule has 0 aliphatic rings. The van der Waals surface area contributed by atoms with E-state index >= 15 is 0 Å². The lowest BCUT2D eigenvalue weighted by molar-refractivity contribution is -0.116. The van der Waals surface area contributed by atoms with Crippen LogP contribution in [0.15, 0.2) is 24.3 Å². The Bertz CT molecular complexity index is 753. The third-order valence-corrected chi connectivity index (χ3v) is 4.22. The van der Waals surface area contributed by atoms with Crippen LogP contribution in [0.4, 0.5) is 5.69 Å². The molecular formula is C18H22ClN3O2. The van der Waals surface area contributed by atoms with Gasteiger partial charge in [-0.3, -0.25) is 9.59 Å². The number of carbonyl (C=O) groups excluding carboxylic acids is 2. The van der Waals surface area contributed by atoms with Crippen molar-refractivity contribution < 1.29 is 9.59 Å². The van der Waals surface area contributed by atoms with Crippen LogP contribution in [0.1, 0.15) is 47.9 Å². The van der Waals surface area contributed by atoms with Gasteiger partial charge in [-0.05, 0) is 38.0 Å². The Hall–Kier alpha value is -2.14. The average Bonchev–Trinajstić information content (AvgIpc) is 2.83. The molecule has 0 aliphatic heterocycles. The Balaban J connectivity index is 1.97. The van der Waals surface area contributed by atoms with Gasteiger partial charge in [-0.2, -0.15) is 5.10 Å². The van der Waals surface area contributed by atoms with Crippen molar-refractivity contribution in [1.82, 2.24) is 9.78 Å². The molecule has 0 saturated heterocycles. The molecule has 2 aromatic rings. The van der Waals surface area contributed by atoms with Crippen LogP contribution < -0.4 is 5.32 Å². The predicted octanol–water partition coefficient (Wildman–Crippen LogP) is 4.16. The van der Waals surface area contributed by atoms with E-state index in [-0.39, 0.29) is 24.7 Å². The van der Waals surface area contributed by atoms with Crippen LogP contribution in [-0.4, -0.2) is 21.6 Å². The number of aryl methyl sites for hydroxylation is 1. The molecule has 1 heterocycles. The largest absolute Gasteiger partial charge is 0.325 e.